The lowest BCUT2D eigenvalue weighted by molar-refractivity contribution is 0.408. The molecular weight excluding hydrogens is 238 g/mol. The monoisotopic (exact) mass is 251 g/mol. The molecule has 17 heavy (non-hydrogen) atoms. The van der Waals surface area contributed by atoms with Gasteiger partial charge >= 0.3 is 0 Å². The quantitative estimate of drug-likeness (QED) is 0.888. The van der Waals surface area contributed by atoms with E-state index in [9.17, 15) is 0 Å². The third-order valence-corrected chi connectivity index (χ3v) is 2.92. The molecule has 90 valence electrons. The molecule has 0 bridgehead atoms. The van der Waals surface area contributed by atoms with Crippen LogP contribution in [-0.2, 0) is 6.42 Å². The highest BCUT2D eigenvalue weighted by atomic mass is 35.5. The van der Waals surface area contributed by atoms with Crippen LogP contribution in [0, 0.1) is 0 Å². The molecule has 1 aromatic carbocycles. The van der Waals surface area contributed by atoms with Gasteiger partial charge in [0.05, 0.1) is 0 Å². The second-order valence-corrected chi connectivity index (χ2v) is 4.20. The molecule has 0 amide bonds. The second-order valence-electron chi connectivity index (χ2n) is 3.79. The van der Waals surface area contributed by atoms with Gasteiger partial charge in [0.2, 0.25) is 6.39 Å². The van der Waals surface area contributed by atoms with Crippen LogP contribution in [0.25, 0.3) is 0 Å². The highest BCUT2D eigenvalue weighted by molar-refractivity contribution is 6.31. The molecule has 0 spiro atoms. The molecule has 4 nitrogen and oxygen atoms in total. The van der Waals surface area contributed by atoms with Crippen molar-refractivity contribution in [3.8, 4) is 0 Å². The number of hydrogen-bond acceptors (Lipinski definition) is 4. The van der Waals surface area contributed by atoms with E-state index in [1.54, 1.807) is 0 Å². The summed E-state index contributed by atoms with van der Waals surface area (Å²) in [5.41, 5.74) is 1.10. The van der Waals surface area contributed by atoms with Crippen LogP contribution in [0.3, 0.4) is 0 Å². The predicted molar refractivity (Wildman–Crippen MR) is 65.9 cm³/mol. The molecule has 0 saturated carbocycles. The van der Waals surface area contributed by atoms with Crippen molar-refractivity contribution in [2.75, 3.05) is 6.54 Å². The van der Waals surface area contributed by atoms with Crippen molar-refractivity contribution in [2.45, 2.75) is 19.4 Å². The summed E-state index contributed by atoms with van der Waals surface area (Å²) in [5, 5.41) is 7.91. The fourth-order valence-electron chi connectivity index (χ4n) is 1.64. The Morgan fingerprint density at radius 2 is 2.24 bits per heavy atom. The van der Waals surface area contributed by atoms with E-state index in [2.05, 4.69) is 26.9 Å². The minimum absolute atomic E-state index is 0.204. The van der Waals surface area contributed by atoms with E-state index in [4.69, 9.17) is 11.6 Å². The zero-order chi connectivity index (χ0) is 12.1. The van der Waals surface area contributed by atoms with Crippen LogP contribution in [0.2, 0.25) is 5.02 Å². The van der Waals surface area contributed by atoms with Gasteiger partial charge in [-0.2, -0.15) is 4.98 Å². The molecule has 0 aliphatic carbocycles. The van der Waals surface area contributed by atoms with Gasteiger partial charge in [0.25, 0.3) is 0 Å². The number of benzene rings is 1. The van der Waals surface area contributed by atoms with E-state index in [1.807, 2.05) is 24.3 Å². The lowest BCUT2D eigenvalue weighted by Crippen LogP contribution is -2.21. The second kappa shape index (κ2) is 5.80. The Kier molecular flexibility index (Phi) is 4.12. The van der Waals surface area contributed by atoms with Gasteiger partial charge in [0, 0.05) is 24.0 Å². The van der Waals surface area contributed by atoms with Crippen LogP contribution < -0.4 is 5.32 Å². The van der Waals surface area contributed by atoms with E-state index in [0.717, 1.165) is 23.6 Å². The average molecular weight is 252 g/mol. The predicted octanol–water partition coefficient (Wildman–Crippen LogP) is 2.62. The Balaban J connectivity index is 1.85. The maximum atomic E-state index is 6.12. The third-order valence-electron chi connectivity index (χ3n) is 2.58. The van der Waals surface area contributed by atoms with Crippen LogP contribution >= 0.6 is 11.6 Å². The smallest absolute Gasteiger partial charge is 0.213 e. The number of nitrogens with zero attached hydrogens (tertiary/aromatic N) is 2. The Bertz CT molecular complexity index is 459. The van der Waals surface area contributed by atoms with Crippen molar-refractivity contribution in [2.24, 2.45) is 0 Å². The van der Waals surface area contributed by atoms with Gasteiger partial charge in [0.1, 0.15) is 0 Å². The minimum Gasteiger partial charge on any atom is -0.343 e. The fraction of sp³-hybridized carbons (Fsp3) is 0.333. The number of aromatic nitrogens is 2. The van der Waals surface area contributed by atoms with Gasteiger partial charge in [0.15, 0.2) is 5.82 Å². The summed E-state index contributed by atoms with van der Waals surface area (Å²) < 4.78 is 4.67. The zero-order valence-electron chi connectivity index (χ0n) is 9.56. The fourth-order valence-corrected chi connectivity index (χ4v) is 1.94. The third kappa shape index (κ3) is 3.28. The van der Waals surface area contributed by atoms with E-state index in [1.165, 1.54) is 6.39 Å². The molecule has 0 radical (unpaired) electrons. The topological polar surface area (TPSA) is 51.0 Å². The van der Waals surface area contributed by atoms with Crippen molar-refractivity contribution in [3.63, 3.8) is 0 Å². The molecule has 1 aromatic heterocycles. The lowest BCUT2D eigenvalue weighted by atomic mass is 10.1. The Morgan fingerprint density at radius 3 is 2.94 bits per heavy atom. The first-order valence-electron chi connectivity index (χ1n) is 5.50. The molecule has 5 heteroatoms. The van der Waals surface area contributed by atoms with Crippen molar-refractivity contribution in [1.82, 2.24) is 15.5 Å². The van der Waals surface area contributed by atoms with Gasteiger partial charge in [-0.25, -0.2) is 0 Å². The Labute approximate surface area is 105 Å². The van der Waals surface area contributed by atoms with Gasteiger partial charge in [-0.3, -0.25) is 0 Å². The Morgan fingerprint density at radius 1 is 1.41 bits per heavy atom. The van der Waals surface area contributed by atoms with Crippen LogP contribution in [-0.4, -0.2) is 16.7 Å². The van der Waals surface area contributed by atoms with Gasteiger partial charge in [-0.15, -0.1) is 0 Å². The number of hydrogen-bond donors (Lipinski definition) is 1. The summed E-state index contributed by atoms with van der Waals surface area (Å²) in [7, 11) is 0. The van der Waals surface area contributed by atoms with E-state index >= 15 is 0 Å². The molecule has 0 aliphatic heterocycles. The molecule has 1 heterocycles. The molecule has 1 N–H and O–H groups in total. The number of nitrogens with one attached hydrogen (secondary N) is 1. The van der Waals surface area contributed by atoms with Crippen LogP contribution in [0.1, 0.15) is 24.4 Å². The first-order chi connectivity index (χ1) is 8.27. The highest BCUT2D eigenvalue weighted by Crippen LogP contribution is 2.21. The summed E-state index contributed by atoms with van der Waals surface area (Å²) in [6.07, 6.45) is 2.08. The molecule has 0 saturated heterocycles. The van der Waals surface area contributed by atoms with Gasteiger partial charge in [-0.1, -0.05) is 35.0 Å². The summed E-state index contributed by atoms with van der Waals surface area (Å²) in [6, 6.07) is 8.04. The summed E-state index contributed by atoms with van der Waals surface area (Å²) in [4.78, 5) is 3.96. The van der Waals surface area contributed by atoms with Crippen molar-refractivity contribution < 1.29 is 4.52 Å². The molecule has 0 fully saturated rings. The maximum absolute atomic E-state index is 6.12. The molecule has 1 unspecified atom stereocenters. The molecule has 1 atom stereocenters. The van der Waals surface area contributed by atoms with E-state index in [-0.39, 0.29) is 6.04 Å². The van der Waals surface area contributed by atoms with Crippen LogP contribution in [0.4, 0.5) is 0 Å². The van der Waals surface area contributed by atoms with Crippen molar-refractivity contribution in [1.29, 1.82) is 0 Å². The lowest BCUT2D eigenvalue weighted by Gasteiger charge is -2.14. The average Bonchev–Trinajstić information content (AvgIpc) is 2.82. The molecule has 2 rings (SSSR count). The number of halogens is 1. The summed E-state index contributed by atoms with van der Waals surface area (Å²) in [6.45, 7) is 2.86. The minimum atomic E-state index is 0.204. The van der Waals surface area contributed by atoms with Gasteiger partial charge in [-0.05, 0) is 18.6 Å². The van der Waals surface area contributed by atoms with Crippen molar-refractivity contribution in [3.05, 3.63) is 47.1 Å². The molecule has 0 aliphatic rings. The van der Waals surface area contributed by atoms with Crippen LogP contribution in [0.15, 0.2) is 35.2 Å². The zero-order valence-corrected chi connectivity index (χ0v) is 10.3. The number of rotatable bonds is 5. The first-order valence-corrected chi connectivity index (χ1v) is 5.88. The molecule has 2 aromatic rings. The summed E-state index contributed by atoms with van der Waals surface area (Å²) in [5.74, 6) is 0.712. The normalized spacial score (nSPS) is 12.6. The first kappa shape index (κ1) is 12.1. The van der Waals surface area contributed by atoms with Crippen LogP contribution in [0.5, 0.6) is 0 Å². The standard InChI is InChI=1S/C12H14ClN3O/c1-9(10-4-2-3-5-11(10)13)14-7-6-12-15-8-17-16-12/h2-5,8-9,14H,6-7H2,1H3. The van der Waals surface area contributed by atoms with Gasteiger partial charge < -0.3 is 9.84 Å². The Hall–Kier alpha value is -1.39. The largest absolute Gasteiger partial charge is 0.343 e. The molecular formula is C12H14ClN3O. The van der Waals surface area contributed by atoms with E-state index in [0.29, 0.717) is 5.82 Å². The highest BCUT2D eigenvalue weighted by Gasteiger charge is 2.08. The SMILES string of the molecule is CC(NCCc1ncon1)c1ccccc1Cl. The van der Waals surface area contributed by atoms with E-state index < -0.39 is 0 Å². The summed E-state index contributed by atoms with van der Waals surface area (Å²) >= 11 is 6.12. The van der Waals surface area contributed by atoms with Crippen molar-refractivity contribution >= 4 is 11.6 Å². The maximum Gasteiger partial charge on any atom is 0.213 e.